The molecule has 20 heavy (non-hydrogen) atoms. The third-order valence-electron chi connectivity index (χ3n) is 3.21. The fourth-order valence-electron chi connectivity index (χ4n) is 1.92. The largest absolute Gasteiger partial charge is 0.398 e. The number of hydrogen-bond donors (Lipinski definition) is 1. The van der Waals surface area contributed by atoms with Gasteiger partial charge < -0.3 is 5.73 Å². The Morgan fingerprint density at radius 2 is 1.35 bits per heavy atom. The van der Waals surface area contributed by atoms with Gasteiger partial charge in [-0.25, -0.2) is 0 Å². The van der Waals surface area contributed by atoms with Gasteiger partial charge in [-0.1, -0.05) is 73.3 Å². The van der Waals surface area contributed by atoms with Gasteiger partial charge in [-0.3, -0.25) is 0 Å². The maximum atomic E-state index is 6.09. The van der Waals surface area contributed by atoms with E-state index in [1.807, 2.05) is 60.7 Å². The molecule has 0 aliphatic heterocycles. The summed E-state index contributed by atoms with van der Waals surface area (Å²) in [6, 6.07) is 20.2. The molecule has 0 saturated heterocycles. The van der Waals surface area contributed by atoms with Crippen molar-refractivity contribution in [2.24, 2.45) is 5.73 Å². The Bertz CT molecular complexity index is 634. The molecule has 0 bridgehead atoms. The SMILES string of the molecule is C=C(/C(N)=C\C=C(/C)c1ccccc1)c1ccccc1. The van der Waals surface area contributed by atoms with Gasteiger partial charge in [0.1, 0.15) is 0 Å². The summed E-state index contributed by atoms with van der Waals surface area (Å²) in [5, 5.41) is 0. The van der Waals surface area contributed by atoms with Crippen LogP contribution < -0.4 is 5.73 Å². The maximum absolute atomic E-state index is 6.09. The smallest absolute Gasteiger partial charge is 0.0387 e. The van der Waals surface area contributed by atoms with E-state index in [0.29, 0.717) is 5.70 Å². The predicted molar refractivity (Wildman–Crippen MR) is 87.8 cm³/mol. The highest BCUT2D eigenvalue weighted by Crippen LogP contribution is 2.18. The van der Waals surface area contributed by atoms with Gasteiger partial charge in [0.15, 0.2) is 0 Å². The van der Waals surface area contributed by atoms with Crippen molar-refractivity contribution in [1.29, 1.82) is 0 Å². The second-order valence-corrected chi connectivity index (χ2v) is 4.68. The summed E-state index contributed by atoms with van der Waals surface area (Å²) in [4.78, 5) is 0. The van der Waals surface area contributed by atoms with Gasteiger partial charge in [0.25, 0.3) is 0 Å². The molecule has 100 valence electrons. The van der Waals surface area contributed by atoms with Crippen LogP contribution in [0.15, 0.2) is 85.1 Å². The van der Waals surface area contributed by atoms with Crippen molar-refractivity contribution in [2.45, 2.75) is 6.92 Å². The second-order valence-electron chi connectivity index (χ2n) is 4.68. The fraction of sp³-hybridized carbons (Fsp3) is 0.0526. The van der Waals surface area contributed by atoms with Gasteiger partial charge in [-0.05, 0) is 35.3 Å². The van der Waals surface area contributed by atoms with E-state index in [-0.39, 0.29) is 0 Å². The van der Waals surface area contributed by atoms with E-state index in [2.05, 4.69) is 25.6 Å². The Hall–Kier alpha value is -2.54. The van der Waals surface area contributed by atoms with Gasteiger partial charge in [0.05, 0.1) is 0 Å². The summed E-state index contributed by atoms with van der Waals surface area (Å²) in [6.07, 6.45) is 3.94. The van der Waals surface area contributed by atoms with E-state index >= 15 is 0 Å². The molecule has 0 aromatic heterocycles. The van der Waals surface area contributed by atoms with Crippen molar-refractivity contribution in [2.75, 3.05) is 0 Å². The quantitative estimate of drug-likeness (QED) is 0.797. The Morgan fingerprint density at radius 3 is 1.90 bits per heavy atom. The van der Waals surface area contributed by atoms with E-state index in [9.17, 15) is 0 Å². The summed E-state index contributed by atoms with van der Waals surface area (Å²) in [7, 11) is 0. The number of hydrogen-bond acceptors (Lipinski definition) is 1. The highest BCUT2D eigenvalue weighted by atomic mass is 14.6. The van der Waals surface area contributed by atoms with E-state index in [0.717, 1.165) is 11.1 Å². The Balaban J connectivity index is 2.17. The van der Waals surface area contributed by atoms with Gasteiger partial charge in [0, 0.05) is 5.70 Å². The van der Waals surface area contributed by atoms with Crippen molar-refractivity contribution >= 4 is 11.1 Å². The minimum Gasteiger partial charge on any atom is -0.398 e. The third kappa shape index (κ3) is 3.48. The molecule has 2 aromatic carbocycles. The molecule has 2 N–H and O–H groups in total. The minimum atomic E-state index is 0.687. The highest BCUT2D eigenvalue weighted by molar-refractivity contribution is 5.77. The summed E-state index contributed by atoms with van der Waals surface area (Å²) < 4.78 is 0. The second kappa shape index (κ2) is 6.58. The molecule has 2 aromatic rings. The molecule has 0 radical (unpaired) electrons. The lowest BCUT2D eigenvalue weighted by molar-refractivity contribution is 1.42. The van der Waals surface area contributed by atoms with Crippen LogP contribution in [-0.4, -0.2) is 0 Å². The molecule has 0 fully saturated rings. The summed E-state index contributed by atoms with van der Waals surface area (Å²) in [6.45, 7) is 6.13. The summed E-state index contributed by atoms with van der Waals surface area (Å²) >= 11 is 0. The number of nitrogens with two attached hydrogens (primary N) is 1. The zero-order valence-corrected chi connectivity index (χ0v) is 11.7. The van der Waals surface area contributed by atoms with Crippen molar-refractivity contribution in [3.8, 4) is 0 Å². The average molecular weight is 261 g/mol. The third-order valence-corrected chi connectivity index (χ3v) is 3.21. The summed E-state index contributed by atoms with van der Waals surface area (Å²) in [5.41, 5.74) is 11.0. The molecule has 0 heterocycles. The van der Waals surface area contributed by atoms with Crippen molar-refractivity contribution in [3.63, 3.8) is 0 Å². The summed E-state index contributed by atoms with van der Waals surface area (Å²) in [5.74, 6) is 0. The lowest BCUT2D eigenvalue weighted by atomic mass is 10.0. The lowest BCUT2D eigenvalue weighted by Gasteiger charge is -2.06. The first-order valence-corrected chi connectivity index (χ1v) is 6.62. The highest BCUT2D eigenvalue weighted by Gasteiger charge is 2.00. The van der Waals surface area contributed by atoms with Gasteiger partial charge in [-0.15, -0.1) is 0 Å². The number of allylic oxidation sites excluding steroid dienone is 4. The molecule has 0 aliphatic rings. The van der Waals surface area contributed by atoms with Crippen LogP contribution in [0.5, 0.6) is 0 Å². The van der Waals surface area contributed by atoms with Crippen LogP contribution >= 0.6 is 0 Å². The van der Waals surface area contributed by atoms with Crippen LogP contribution in [-0.2, 0) is 0 Å². The van der Waals surface area contributed by atoms with E-state index in [4.69, 9.17) is 5.73 Å². The standard InChI is InChI=1S/C19H19N/c1-15(17-9-5-3-6-10-17)13-14-19(20)16(2)18-11-7-4-8-12-18/h3-14H,2,20H2,1H3/b15-13+,19-14+. The average Bonchev–Trinajstić information content (AvgIpc) is 2.53. The monoisotopic (exact) mass is 261 g/mol. The van der Waals surface area contributed by atoms with Crippen LogP contribution in [0, 0.1) is 0 Å². The zero-order valence-electron chi connectivity index (χ0n) is 11.7. The molecule has 0 saturated carbocycles. The van der Waals surface area contributed by atoms with Gasteiger partial charge >= 0.3 is 0 Å². The van der Waals surface area contributed by atoms with E-state index < -0.39 is 0 Å². The first-order chi connectivity index (χ1) is 9.68. The van der Waals surface area contributed by atoms with Crippen LogP contribution in [0.1, 0.15) is 18.1 Å². The molecule has 0 amide bonds. The molecule has 0 unspecified atom stereocenters. The van der Waals surface area contributed by atoms with Crippen molar-refractivity contribution in [3.05, 3.63) is 96.2 Å². The van der Waals surface area contributed by atoms with Crippen LogP contribution in [0.3, 0.4) is 0 Å². The van der Waals surface area contributed by atoms with Crippen molar-refractivity contribution < 1.29 is 0 Å². The maximum Gasteiger partial charge on any atom is 0.0387 e. The molecular formula is C19H19N. The van der Waals surface area contributed by atoms with E-state index in [1.54, 1.807) is 0 Å². The fourth-order valence-corrected chi connectivity index (χ4v) is 1.92. The molecule has 0 atom stereocenters. The van der Waals surface area contributed by atoms with Gasteiger partial charge in [0.2, 0.25) is 0 Å². The molecule has 0 spiro atoms. The van der Waals surface area contributed by atoms with Crippen molar-refractivity contribution in [1.82, 2.24) is 0 Å². The topological polar surface area (TPSA) is 26.0 Å². The Kier molecular flexibility index (Phi) is 4.56. The Labute approximate surface area is 120 Å². The zero-order chi connectivity index (χ0) is 14.4. The molecule has 0 aliphatic carbocycles. The first-order valence-electron chi connectivity index (χ1n) is 6.62. The number of rotatable bonds is 4. The molecule has 2 rings (SSSR count). The van der Waals surface area contributed by atoms with E-state index in [1.165, 1.54) is 11.1 Å². The van der Waals surface area contributed by atoms with Gasteiger partial charge in [-0.2, -0.15) is 0 Å². The van der Waals surface area contributed by atoms with Crippen LogP contribution in [0.25, 0.3) is 11.1 Å². The number of benzene rings is 2. The molecule has 1 nitrogen and oxygen atoms in total. The minimum absolute atomic E-state index is 0.687. The first kappa shape index (κ1) is 13.9. The normalized spacial score (nSPS) is 12.2. The molecular weight excluding hydrogens is 242 g/mol. The van der Waals surface area contributed by atoms with Crippen LogP contribution in [0.4, 0.5) is 0 Å². The van der Waals surface area contributed by atoms with Crippen LogP contribution in [0.2, 0.25) is 0 Å². The Morgan fingerprint density at radius 1 is 0.850 bits per heavy atom. The predicted octanol–water partition coefficient (Wildman–Crippen LogP) is 4.65. The lowest BCUT2D eigenvalue weighted by Crippen LogP contribution is -1.99. The molecule has 1 heteroatoms.